The molecule has 0 saturated heterocycles. The van der Waals surface area contributed by atoms with Crippen LogP contribution in [0.3, 0.4) is 0 Å². The van der Waals surface area contributed by atoms with Crippen LogP contribution in [0.4, 0.5) is 5.69 Å². The fourth-order valence-corrected chi connectivity index (χ4v) is 1.70. The van der Waals surface area contributed by atoms with Crippen LogP contribution in [0, 0.1) is 5.92 Å². The van der Waals surface area contributed by atoms with Gasteiger partial charge in [0.05, 0.1) is 17.4 Å². The molecule has 16 heavy (non-hydrogen) atoms. The number of aromatic amines is 1. The number of rotatable bonds is 5. The first-order valence-corrected chi connectivity index (χ1v) is 5.70. The maximum Gasteiger partial charge on any atom is 0.0931 e. The van der Waals surface area contributed by atoms with E-state index >= 15 is 0 Å². The summed E-state index contributed by atoms with van der Waals surface area (Å²) in [5.74, 6) is 0.539. The van der Waals surface area contributed by atoms with Gasteiger partial charge in [0.25, 0.3) is 0 Å². The summed E-state index contributed by atoms with van der Waals surface area (Å²) in [5.41, 5.74) is 8.84. The number of hydrogen-bond donors (Lipinski definition) is 3. The van der Waals surface area contributed by atoms with Gasteiger partial charge in [-0.3, -0.25) is 0 Å². The SMILES string of the molecule is CCC(CN)CNc1ccc2nc[nH]c2c1. The second-order valence-corrected chi connectivity index (χ2v) is 4.03. The number of H-pyrrole nitrogens is 1. The van der Waals surface area contributed by atoms with Crippen LogP contribution in [-0.4, -0.2) is 23.1 Å². The molecule has 0 fully saturated rings. The molecule has 0 aliphatic rings. The van der Waals surface area contributed by atoms with Gasteiger partial charge >= 0.3 is 0 Å². The Balaban J connectivity index is 2.03. The third-order valence-electron chi connectivity index (χ3n) is 2.93. The van der Waals surface area contributed by atoms with Crippen molar-refractivity contribution >= 4 is 16.7 Å². The van der Waals surface area contributed by atoms with E-state index in [-0.39, 0.29) is 0 Å². The molecule has 0 amide bonds. The fraction of sp³-hybridized carbons (Fsp3) is 0.417. The molecule has 0 bridgehead atoms. The number of nitrogens with one attached hydrogen (secondary N) is 2. The fourth-order valence-electron chi connectivity index (χ4n) is 1.70. The minimum Gasteiger partial charge on any atom is -0.385 e. The number of aromatic nitrogens is 2. The van der Waals surface area contributed by atoms with Crippen molar-refractivity contribution in [2.24, 2.45) is 11.7 Å². The Labute approximate surface area is 95.3 Å². The lowest BCUT2D eigenvalue weighted by Gasteiger charge is -2.14. The summed E-state index contributed by atoms with van der Waals surface area (Å²) < 4.78 is 0. The Hall–Kier alpha value is -1.55. The Morgan fingerprint density at radius 2 is 2.38 bits per heavy atom. The Morgan fingerprint density at radius 3 is 3.12 bits per heavy atom. The van der Waals surface area contributed by atoms with Gasteiger partial charge in [-0.1, -0.05) is 13.3 Å². The Kier molecular flexibility index (Phi) is 3.41. The lowest BCUT2D eigenvalue weighted by atomic mass is 10.1. The molecular formula is C12H18N4. The normalized spacial score (nSPS) is 12.9. The van der Waals surface area contributed by atoms with Crippen molar-refractivity contribution in [2.75, 3.05) is 18.4 Å². The molecule has 86 valence electrons. The van der Waals surface area contributed by atoms with Crippen molar-refractivity contribution in [1.29, 1.82) is 0 Å². The summed E-state index contributed by atoms with van der Waals surface area (Å²) in [6.07, 6.45) is 2.82. The number of nitrogens with zero attached hydrogens (tertiary/aromatic N) is 1. The number of imidazole rings is 1. The Morgan fingerprint density at radius 1 is 1.50 bits per heavy atom. The average Bonchev–Trinajstić information content (AvgIpc) is 2.77. The number of fused-ring (bicyclic) bond motifs is 1. The van der Waals surface area contributed by atoms with Crippen molar-refractivity contribution < 1.29 is 0 Å². The van der Waals surface area contributed by atoms with Crippen molar-refractivity contribution in [1.82, 2.24) is 9.97 Å². The molecule has 0 spiro atoms. The highest BCUT2D eigenvalue weighted by molar-refractivity contribution is 5.78. The average molecular weight is 218 g/mol. The molecule has 1 aromatic carbocycles. The van der Waals surface area contributed by atoms with Crippen LogP contribution >= 0.6 is 0 Å². The van der Waals surface area contributed by atoms with Crippen LogP contribution in [0.5, 0.6) is 0 Å². The van der Waals surface area contributed by atoms with Crippen LogP contribution < -0.4 is 11.1 Å². The van der Waals surface area contributed by atoms with Gasteiger partial charge in [0.2, 0.25) is 0 Å². The van der Waals surface area contributed by atoms with Gasteiger partial charge in [0.15, 0.2) is 0 Å². The Bertz CT molecular complexity index is 445. The zero-order chi connectivity index (χ0) is 11.4. The van der Waals surface area contributed by atoms with Gasteiger partial charge < -0.3 is 16.0 Å². The van der Waals surface area contributed by atoms with Crippen molar-refractivity contribution in [3.05, 3.63) is 24.5 Å². The van der Waals surface area contributed by atoms with E-state index in [1.54, 1.807) is 6.33 Å². The van der Waals surface area contributed by atoms with Crippen LogP contribution in [0.1, 0.15) is 13.3 Å². The summed E-state index contributed by atoms with van der Waals surface area (Å²) in [7, 11) is 0. The smallest absolute Gasteiger partial charge is 0.0931 e. The van der Waals surface area contributed by atoms with Crippen LogP contribution in [0.25, 0.3) is 11.0 Å². The van der Waals surface area contributed by atoms with E-state index in [2.05, 4.69) is 28.3 Å². The van der Waals surface area contributed by atoms with Gasteiger partial charge in [0, 0.05) is 12.2 Å². The van der Waals surface area contributed by atoms with E-state index in [1.807, 2.05) is 12.1 Å². The van der Waals surface area contributed by atoms with E-state index in [4.69, 9.17) is 5.73 Å². The first-order valence-electron chi connectivity index (χ1n) is 5.70. The van der Waals surface area contributed by atoms with Gasteiger partial charge in [-0.05, 0) is 30.7 Å². The molecule has 1 unspecified atom stereocenters. The zero-order valence-electron chi connectivity index (χ0n) is 9.53. The van der Waals surface area contributed by atoms with Gasteiger partial charge in [0.1, 0.15) is 0 Å². The molecule has 0 radical (unpaired) electrons. The molecule has 4 N–H and O–H groups in total. The third-order valence-corrected chi connectivity index (χ3v) is 2.93. The summed E-state index contributed by atoms with van der Waals surface area (Å²) in [4.78, 5) is 7.28. The molecule has 0 saturated carbocycles. The predicted molar refractivity (Wildman–Crippen MR) is 67.4 cm³/mol. The quantitative estimate of drug-likeness (QED) is 0.718. The summed E-state index contributed by atoms with van der Waals surface area (Å²) in [6, 6.07) is 6.13. The minimum atomic E-state index is 0.539. The van der Waals surface area contributed by atoms with Crippen molar-refractivity contribution in [3.8, 4) is 0 Å². The maximum absolute atomic E-state index is 5.67. The highest BCUT2D eigenvalue weighted by Crippen LogP contribution is 2.16. The molecule has 1 aromatic heterocycles. The van der Waals surface area contributed by atoms with Crippen LogP contribution in [-0.2, 0) is 0 Å². The second kappa shape index (κ2) is 4.99. The van der Waals surface area contributed by atoms with Gasteiger partial charge in [-0.2, -0.15) is 0 Å². The number of anilines is 1. The van der Waals surface area contributed by atoms with Crippen molar-refractivity contribution in [2.45, 2.75) is 13.3 Å². The highest BCUT2D eigenvalue weighted by Gasteiger charge is 2.03. The molecular weight excluding hydrogens is 200 g/mol. The molecule has 4 heteroatoms. The molecule has 0 aliphatic heterocycles. The second-order valence-electron chi connectivity index (χ2n) is 4.03. The lowest BCUT2D eigenvalue weighted by Crippen LogP contribution is -2.21. The van der Waals surface area contributed by atoms with E-state index in [0.717, 1.165) is 36.2 Å². The van der Waals surface area contributed by atoms with Gasteiger partial charge in [-0.25, -0.2) is 4.98 Å². The molecule has 1 heterocycles. The number of benzene rings is 1. The monoisotopic (exact) mass is 218 g/mol. The molecule has 1 atom stereocenters. The zero-order valence-corrected chi connectivity index (χ0v) is 9.53. The molecule has 0 aliphatic carbocycles. The minimum absolute atomic E-state index is 0.539. The lowest BCUT2D eigenvalue weighted by molar-refractivity contribution is 0.548. The van der Waals surface area contributed by atoms with Gasteiger partial charge in [-0.15, -0.1) is 0 Å². The summed E-state index contributed by atoms with van der Waals surface area (Å²) in [5, 5.41) is 3.40. The third kappa shape index (κ3) is 2.33. The number of hydrogen-bond acceptors (Lipinski definition) is 3. The molecule has 4 nitrogen and oxygen atoms in total. The first-order chi connectivity index (χ1) is 7.83. The summed E-state index contributed by atoms with van der Waals surface area (Å²) in [6.45, 7) is 3.82. The summed E-state index contributed by atoms with van der Waals surface area (Å²) >= 11 is 0. The van der Waals surface area contributed by atoms with E-state index in [0.29, 0.717) is 5.92 Å². The predicted octanol–water partition coefficient (Wildman–Crippen LogP) is 1.96. The topological polar surface area (TPSA) is 66.7 Å². The molecule has 2 rings (SSSR count). The first kappa shape index (κ1) is 11.0. The van der Waals surface area contributed by atoms with Crippen LogP contribution in [0.2, 0.25) is 0 Å². The van der Waals surface area contributed by atoms with Crippen LogP contribution in [0.15, 0.2) is 24.5 Å². The largest absolute Gasteiger partial charge is 0.385 e. The van der Waals surface area contributed by atoms with E-state index in [1.165, 1.54) is 0 Å². The standard InChI is InChI=1S/C12H18N4/c1-2-9(6-13)7-14-10-3-4-11-12(5-10)16-8-15-11/h3-5,8-9,14H,2,6-7,13H2,1H3,(H,15,16). The highest BCUT2D eigenvalue weighted by atomic mass is 14.9. The number of nitrogens with two attached hydrogens (primary N) is 1. The van der Waals surface area contributed by atoms with E-state index < -0.39 is 0 Å². The van der Waals surface area contributed by atoms with Crippen molar-refractivity contribution in [3.63, 3.8) is 0 Å². The molecule has 2 aromatic rings. The van der Waals surface area contributed by atoms with E-state index in [9.17, 15) is 0 Å². The maximum atomic E-state index is 5.67.